The molecule has 0 amide bonds. The monoisotopic (exact) mass is 252 g/mol. The summed E-state index contributed by atoms with van der Waals surface area (Å²) in [6, 6.07) is 0. The Kier molecular flexibility index (Phi) is 3.85. The third kappa shape index (κ3) is 3.61. The van der Waals surface area contributed by atoms with Gasteiger partial charge in [-0.25, -0.2) is 0 Å². The third-order valence-corrected chi connectivity index (χ3v) is 4.28. The van der Waals surface area contributed by atoms with E-state index in [2.05, 4.69) is 48.3 Å². The molecular weight excluding hydrogens is 224 g/mol. The third-order valence-electron chi connectivity index (χ3n) is 4.28. The standard InChI is InChI=1S/C14H28N4/c1-13(2)9-15-12(16-10-13)17-11-14(3)5-7-18(4)8-6-14/h5-11H2,1-4H3,(H2,15,16,17). The van der Waals surface area contributed by atoms with E-state index in [0.717, 1.165) is 25.6 Å². The maximum atomic E-state index is 4.60. The maximum Gasteiger partial charge on any atom is 0.191 e. The number of hydrogen-bond acceptors (Lipinski definition) is 4. The number of hydrogen-bond donors (Lipinski definition) is 2. The van der Waals surface area contributed by atoms with E-state index in [-0.39, 0.29) is 0 Å². The lowest BCUT2D eigenvalue weighted by Crippen LogP contribution is -2.51. The van der Waals surface area contributed by atoms with Crippen LogP contribution in [0.4, 0.5) is 0 Å². The molecule has 1 saturated heterocycles. The van der Waals surface area contributed by atoms with Gasteiger partial charge < -0.3 is 15.5 Å². The minimum absolute atomic E-state index is 0.294. The highest BCUT2D eigenvalue weighted by Gasteiger charge is 2.29. The fourth-order valence-electron chi connectivity index (χ4n) is 2.48. The highest BCUT2D eigenvalue weighted by atomic mass is 15.2. The van der Waals surface area contributed by atoms with Crippen molar-refractivity contribution in [3.8, 4) is 0 Å². The van der Waals surface area contributed by atoms with Crippen LogP contribution in [0.25, 0.3) is 0 Å². The Morgan fingerprint density at radius 3 is 2.50 bits per heavy atom. The zero-order valence-corrected chi connectivity index (χ0v) is 12.3. The van der Waals surface area contributed by atoms with Crippen LogP contribution in [0.5, 0.6) is 0 Å². The smallest absolute Gasteiger partial charge is 0.191 e. The van der Waals surface area contributed by atoms with Crippen LogP contribution in [-0.4, -0.2) is 50.6 Å². The van der Waals surface area contributed by atoms with Gasteiger partial charge in [0.05, 0.1) is 0 Å². The summed E-state index contributed by atoms with van der Waals surface area (Å²) in [7, 11) is 2.21. The van der Waals surface area contributed by atoms with Crippen LogP contribution in [0.15, 0.2) is 4.99 Å². The lowest BCUT2D eigenvalue weighted by atomic mass is 9.80. The van der Waals surface area contributed by atoms with Gasteiger partial charge in [-0.3, -0.25) is 4.99 Å². The summed E-state index contributed by atoms with van der Waals surface area (Å²) in [5.74, 6) is 0.995. The molecule has 1 fully saturated rings. The van der Waals surface area contributed by atoms with Gasteiger partial charge in [0.15, 0.2) is 5.96 Å². The van der Waals surface area contributed by atoms with Crippen LogP contribution in [0.1, 0.15) is 33.6 Å². The molecule has 0 unspecified atom stereocenters. The second-order valence-corrected chi connectivity index (χ2v) is 7.15. The summed E-state index contributed by atoms with van der Waals surface area (Å²) in [6.07, 6.45) is 2.55. The van der Waals surface area contributed by atoms with Crippen LogP contribution in [0, 0.1) is 10.8 Å². The Hall–Kier alpha value is -0.770. The SMILES string of the molecule is CN1CCC(C)(CNC2=NCC(C)(C)CN2)CC1. The Balaban J connectivity index is 1.80. The quantitative estimate of drug-likeness (QED) is 0.778. The van der Waals surface area contributed by atoms with Gasteiger partial charge in [-0.05, 0) is 38.4 Å². The lowest BCUT2D eigenvalue weighted by Gasteiger charge is -2.39. The van der Waals surface area contributed by atoms with Crippen molar-refractivity contribution in [3.63, 3.8) is 0 Å². The molecular formula is C14H28N4. The Bertz CT molecular complexity index is 314. The molecule has 0 atom stereocenters. The molecule has 2 N–H and O–H groups in total. The minimum atomic E-state index is 0.294. The van der Waals surface area contributed by atoms with Crippen molar-refractivity contribution in [2.45, 2.75) is 33.6 Å². The minimum Gasteiger partial charge on any atom is -0.356 e. The zero-order valence-electron chi connectivity index (χ0n) is 12.3. The molecule has 104 valence electrons. The van der Waals surface area contributed by atoms with E-state index in [1.807, 2.05) is 0 Å². The Morgan fingerprint density at radius 2 is 1.94 bits per heavy atom. The summed E-state index contributed by atoms with van der Waals surface area (Å²) in [5.41, 5.74) is 0.715. The van der Waals surface area contributed by atoms with Gasteiger partial charge in [0.1, 0.15) is 0 Å². The van der Waals surface area contributed by atoms with Gasteiger partial charge in [0.2, 0.25) is 0 Å². The van der Waals surface area contributed by atoms with E-state index in [9.17, 15) is 0 Å². The predicted octanol–water partition coefficient (Wildman–Crippen LogP) is 1.29. The van der Waals surface area contributed by atoms with E-state index < -0.39 is 0 Å². The molecule has 0 aliphatic carbocycles. The number of guanidine groups is 1. The molecule has 0 spiro atoms. The van der Waals surface area contributed by atoms with Crippen LogP contribution in [0.3, 0.4) is 0 Å². The summed E-state index contributed by atoms with van der Waals surface area (Å²) >= 11 is 0. The number of aliphatic imine (C=N–C) groups is 1. The van der Waals surface area contributed by atoms with E-state index >= 15 is 0 Å². The van der Waals surface area contributed by atoms with Crippen molar-refractivity contribution in [2.75, 3.05) is 39.8 Å². The van der Waals surface area contributed by atoms with Crippen LogP contribution in [-0.2, 0) is 0 Å². The second-order valence-electron chi connectivity index (χ2n) is 7.15. The normalized spacial score (nSPS) is 27.2. The predicted molar refractivity (Wildman–Crippen MR) is 76.9 cm³/mol. The molecule has 18 heavy (non-hydrogen) atoms. The van der Waals surface area contributed by atoms with E-state index in [1.54, 1.807) is 0 Å². The lowest BCUT2D eigenvalue weighted by molar-refractivity contribution is 0.141. The van der Waals surface area contributed by atoms with Crippen molar-refractivity contribution < 1.29 is 0 Å². The zero-order chi connectivity index (χ0) is 13.2. The summed E-state index contributed by atoms with van der Waals surface area (Å²) in [4.78, 5) is 7.01. The van der Waals surface area contributed by atoms with Crippen molar-refractivity contribution in [1.29, 1.82) is 0 Å². The molecule has 0 bridgehead atoms. The number of likely N-dealkylation sites (tertiary alicyclic amines) is 1. The fourth-order valence-corrected chi connectivity index (χ4v) is 2.48. The molecule has 2 aliphatic rings. The largest absolute Gasteiger partial charge is 0.356 e. The van der Waals surface area contributed by atoms with Gasteiger partial charge in [0, 0.05) is 25.0 Å². The van der Waals surface area contributed by atoms with E-state index in [4.69, 9.17) is 0 Å². The summed E-state index contributed by atoms with van der Waals surface area (Å²) in [6.45, 7) is 12.3. The average Bonchev–Trinajstić information content (AvgIpc) is 2.32. The van der Waals surface area contributed by atoms with E-state index in [1.165, 1.54) is 25.9 Å². The molecule has 0 aromatic carbocycles. The first kappa shape index (κ1) is 13.7. The molecule has 2 rings (SSSR count). The number of rotatable bonds is 2. The molecule has 0 saturated carbocycles. The van der Waals surface area contributed by atoms with Crippen LogP contribution >= 0.6 is 0 Å². The van der Waals surface area contributed by atoms with E-state index in [0.29, 0.717) is 10.8 Å². The Morgan fingerprint density at radius 1 is 1.28 bits per heavy atom. The molecule has 2 aliphatic heterocycles. The molecule has 4 nitrogen and oxygen atoms in total. The first-order valence-electron chi connectivity index (χ1n) is 7.09. The van der Waals surface area contributed by atoms with Gasteiger partial charge in [0.25, 0.3) is 0 Å². The van der Waals surface area contributed by atoms with Gasteiger partial charge in [-0.15, -0.1) is 0 Å². The number of piperidine rings is 1. The Labute approximate surface area is 111 Å². The van der Waals surface area contributed by atoms with Crippen molar-refractivity contribution in [1.82, 2.24) is 15.5 Å². The van der Waals surface area contributed by atoms with Crippen molar-refractivity contribution >= 4 is 5.96 Å². The van der Waals surface area contributed by atoms with Crippen LogP contribution < -0.4 is 10.6 Å². The highest BCUT2D eigenvalue weighted by Crippen LogP contribution is 2.29. The fraction of sp³-hybridized carbons (Fsp3) is 0.929. The summed E-state index contributed by atoms with van der Waals surface area (Å²) in [5, 5.41) is 6.91. The van der Waals surface area contributed by atoms with Gasteiger partial charge >= 0.3 is 0 Å². The number of nitrogens with zero attached hydrogens (tertiary/aromatic N) is 2. The topological polar surface area (TPSA) is 39.7 Å². The average molecular weight is 252 g/mol. The first-order valence-corrected chi connectivity index (χ1v) is 7.09. The molecule has 0 aromatic rings. The second kappa shape index (κ2) is 5.08. The number of nitrogens with one attached hydrogen (secondary N) is 2. The molecule has 4 heteroatoms. The van der Waals surface area contributed by atoms with Gasteiger partial charge in [-0.2, -0.15) is 0 Å². The molecule has 2 heterocycles. The van der Waals surface area contributed by atoms with Gasteiger partial charge in [-0.1, -0.05) is 20.8 Å². The van der Waals surface area contributed by atoms with Crippen LogP contribution in [0.2, 0.25) is 0 Å². The molecule has 0 aromatic heterocycles. The van der Waals surface area contributed by atoms with Crippen molar-refractivity contribution in [3.05, 3.63) is 0 Å². The first-order chi connectivity index (χ1) is 8.39. The highest BCUT2D eigenvalue weighted by molar-refractivity contribution is 5.80. The summed E-state index contributed by atoms with van der Waals surface area (Å²) < 4.78 is 0. The maximum absolute atomic E-state index is 4.60. The molecule has 0 radical (unpaired) electrons. The van der Waals surface area contributed by atoms with Crippen molar-refractivity contribution in [2.24, 2.45) is 15.8 Å².